The molecule has 1 aromatic heterocycles. The number of piperidine rings is 3. The third-order valence-electron chi connectivity index (χ3n) is 4.41. The van der Waals surface area contributed by atoms with E-state index in [0.717, 1.165) is 39.0 Å². The first-order valence-electron chi connectivity index (χ1n) is 7.62. The lowest BCUT2D eigenvalue weighted by Gasteiger charge is -2.44. The molecule has 1 unspecified atom stereocenters. The first kappa shape index (κ1) is 15.0. The van der Waals surface area contributed by atoms with E-state index in [9.17, 15) is 8.42 Å². The number of hydrogen-bond donors (Lipinski definition) is 2. The van der Waals surface area contributed by atoms with Gasteiger partial charge in [-0.3, -0.25) is 0 Å². The predicted octanol–water partition coefficient (Wildman–Crippen LogP) is 0.762. The van der Waals surface area contributed by atoms with Gasteiger partial charge in [0.25, 0.3) is 10.0 Å². The second-order valence-electron chi connectivity index (χ2n) is 5.87. The molecule has 3 aliphatic rings. The van der Waals surface area contributed by atoms with Gasteiger partial charge < -0.3 is 14.6 Å². The van der Waals surface area contributed by atoms with Crippen molar-refractivity contribution in [2.45, 2.75) is 37.4 Å². The van der Waals surface area contributed by atoms with Crippen LogP contribution in [0.2, 0.25) is 0 Å². The van der Waals surface area contributed by atoms with Crippen molar-refractivity contribution in [3.8, 4) is 0 Å². The fraction of sp³-hybridized carbons (Fsp3) is 0.714. The fourth-order valence-corrected chi connectivity index (χ4v) is 4.45. The van der Waals surface area contributed by atoms with Gasteiger partial charge in [-0.2, -0.15) is 0 Å². The van der Waals surface area contributed by atoms with E-state index in [0.29, 0.717) is 18.2 Å². The van der Waals surface area contributed by atoms with Gasteiger partial charge in [-0.1, -0.05) is 6.92 Å². The smallest absolute Gasteiger partial charge is 0.274 e. The van der Waals surface area contributed by atoms with E-state index in [1.165, 1.54) is 6.07 Å². The van der Waals surface area contributed by atoms with Crippen LogP contribution in [-0.2, 0) is 16.6 Å². The van der Waals surface area contributed by atoms with Crippen molar-refractivity contribution >= 4 is 10.0 Å². The summed E-state index contributed by atoms with van der Waals surface area (Å²) in [5.74, 6) is 1.10. The Balaban J connectivity index is 1.67. The van der Waals surface area contributed by atoms with Crippen molar-refractivity contribution in [2.75, 3.05) is 26.2 Å². The topological polar surface area (TPSA) is 74.6 Å². The molecule has 0 aromatic carbocycles. The molecule has 0 radical (unpaired) electrons. The Morgan fingerprint density at radius 2 is 2.10 bits per heavy atom. The van der Waals surface area contributed by atoms with E-state index in [-0.39, 0.29) is 11.1 Å². The monoisotopic (exact) mass is 313 g/mol. The number of hydrogen-bond acceptors (Lipinski definition) is 5. The Morgan fingerprint density at radius 3 is 2.71 bits per heavy atom. The zero-order valence-corrected chi connectivity index (χ0v) is 13.2. The number of sulfonamides is 1. The molecule has 0 saturated carbocycles. The van der Waals surface area contributed by atoms with E-state index >= 15 is 0 Å². The van der Waals surface area contributed by atoms with Crippen LogP contribution in [-0.4, -0.2) is 45.5 Å². The second-order valence-corrected chi connectivity index (χ2v) is 7.51. The van der Waals surface area contributed by atoms with Crippen molar-refractivity contribution in [1.29, 1.82) is 0 Å². The molecule has 1 atom stereocenters. The van der Waals surface area contributed by atoms with Crippen molar-refractivity contribution in [1.82, 2.24) is 14.9 Å². The van der Waals surface area contributed by atoms with Gasteiger partial charge in [0.05, 0.1) is 6.54 Å². The lowest BCUT2D eigenvalue weighted by atomic mass is 9.85. The standard InChI is InChI=1S/C14H23N3O3S/c1-2-15-9-12-3-4-14(20-12)21(18,19)16-13-10-17-7-5-11(13)6-8-17/h3-4,11,13,15-16H,2,5-10H2,1H3. The van der Waals surface area contributed by atoms with Gasteiger partial charge in [-0.25, -0.2) is 13.1 Å². The summed E-state index contributed by atoms with van der Waals surface area (Å²) in [5.41, 5.74) is 0. The van der Waals surface area contributed by atoms with Crippen LogP contribution in [0, 0.1) is 5.92 Å². The molecule has 6 nitrogen and oxygen atoms in total. The van der Waals surface area contributed by atoms with Crippen LogP contribution in [0.3, 0.4) is 0 Å². The molecule has 21 heavy (non-hydrogen) atoms. The van der Waals surface area contributed by atoms with Crippen molar-refractivity contribution in [3.05, 3.63) is 17.9 Å². The molecule has 4 rings (SSSR count). The minimum absolute atomic E-state index is 0.0137. The van der Waals surface area contributed by atoms with Crippen LogP contribution in [0.1, 0.15) is 25.5 Å². The van der Waals surface area contributed by atoms with Crippen LogP contribution < -0.4 is 10.0 Å². The van der Waals surface area contributed by atoms with Crippen molar-refractivity contribution < 1.29 is 12.8 Å². The first-order chi connectivity index (χ1) is 10.1. The van der Waals surface area contributed by atoms with Crippen molar-refractivity contribution in [2.24, 2.45) is 5.92 Å². The highest BCUT2D eigenvalue weighted by Crippen LogP contribution is 2.28. The first-order valence-corrected chi connectivity index (χ1v) is 9.11. The van der Waals surface area contributed by atoms with Gasteiger partial charge in [-0.15, -0.1) is 0 Å². The zero-order valence-electron chi connectivity index (χ0n) is 12.3. The lowest BCUT2D eigenvalue weighted by Crippen LogP contribution is -2.57. The Kier molecular flexibility index (Phi) is 4.35. The highest BCUT2D eigenvalue weighted by Gasteiger charge is 2.37. The molecular formula is C14H23N3O3S. The minimum atomic E-state index is -3.56. The van der Waals surface area contributed by atoms with E-state index in [1.807, 2.05) is 6.92 Å². The molecule has 118 valence electrons. The molecular weight excluding hydrogens is 290 g/mol. The molecule has 0 spiro atoms. The van der Waals surface area contributed by atoms with E-state index in [1.54, 1.807) is 6.07 Å². The second kappa shape index (κ2) is 6.08. The van der Waals surface area contributed by atoms with E-state index in [2.05, 4.69) is 14.9 Å². The normalized spacial score (nSPS) is 28.9. The molecule has 3 fully saturated rings. The molecule has 2 bridgehead atoms. The third kappa shape index (κ3) is 3.31. The van der Waals surface area contributed by atoms with E-state index < -0.39 is 10.0 Å². The molecule has 7 heteroatoms. The summed E-state index contributed by atoms with van der Waals surface area (Å²) in [6.07, 6.45) is 2.16. The van der Waals surface area contributed by atoms with Gasteiger partial charge in [0.15, 0.2) is 0 Å². The maximum atomic E-state index is 12.4. The molecule has 4 heterocycles. The molecule has 1 aromatic rings. The van der Waals surface area contributed by atoms with Crippen LogP contribution in [0.25, 0.3) is 0 Å². The van der Waals surface area contributed by atoms with Gasteiger partial charge in [0, 0.05) is 12.6 Å². The Labute approximate surface area is 125 Å². The van der Waals surface area contributed by atoms with Gasteiger partial charge in [-0.05, 0) is 50.5 Å². The summed E-state index contributed by atoms with van der Waals surface area (Å²) in [4.78, 5) is 2.33. The van der Waals surface area contributed by atoms with Gasteiger partial charge >= 0.3 is 0 Å². The summed E-state index contributed by atoms with van der Waals surface area (Å²) < 4.78 is 33.1. The van der Waals surface area contributed by atoms with Gasteiger partial charge in [0.1, 0.15) is 5.76 Å². The number of nitrogens with one attached hydrogen (secondary N) is 2. The Bertz CT molecular complexity index is 576. The summed E-state index contributed by atoms with van der Waals surface area (Å²) in [6, 6.07) is 3.27. The predicted molar refractivity (Wildman–Crippen MR) is 79.4 cm³/mol. The summed E-state index contributed by atoms with van der Waals surface area (Å²) >= 11 is 0. The number of nitrogens with zero attached hydrogens (tertiary/aromatic N) is 1. The molecule has 2 N–H and O–H groups in total. The summed E-state index contributed by atoms with van der Waals surface area (Å²) in [7, 11) is -3.56. The average molecular weight is 313 g/mol. The Hall–Kier alpha value is -0.890. The molecule has 0 aliphatic carbocycles. The lowest BCUT2D eigenvalue weighted by molar-refractivity contribution is 0.0825. The minimum Gasteiger partial charge on any atom is -0.447 e. The van der Waals surface area contributed by atoms with Crippen LogP contribution >= 0.6 is 0 Å². The van der Waals surface area contributed by atoms with Crippen LogP contribution in [0.4, 0.5) is 0 Å². The van der Waals surface area contributed by atoms with Crippen molar-refractivity contribution in [3.63, 3.8) is 0 Å². The largest absolute Gasteiger partial charge is 0.447 e. The number of furan rings is 1. The summed E-state index contributed by atoms with van der Waals surface area (Å²) in [5, 5.41) is 3.14. The van der Waals surface area contributed by atoms with Gasteiger partial charge in [0.2, 0.25) is 5.09 Å². The number of rotatable bonds is 6. The summed E-state index contributed by atoms with van der Waals surface area (Å²) in [6.45, 7) is 6.36. The molecule has 0 amide bonds. The average Bonchev–Trinajstić information content (AvgIpc) is 2.96. The maximum Gasteiger partial charge on any atom is 0.274 e. The zero-order chi connectivity index (χ0) is 14.9. The van der Waals surface area contributed by atoms with Crippen LogP contribution in [0.15, 0.2) is 21.6 Å². The van der Waals surface area contributed by atoms with Crippen LogP contribution in [0.5, 0.6) is 0 Å². The maximum absolute atomic E-state index is 12.4. The molecule has 3 aliphatic heterocycles. The SMILES string of the molecule is CCNCc1ccc(S(=O)(=O)NC2CN3CCC2CC3)o1. The quantitative estimate of drug-likeness (QED) is 0.811. The Morgan fingerprint density at radius 1 is 1.33 bits per heavy atom. The third-order valence-corrected chi connectivity index (χ3v) is 5.78. The van der Waals surface area contributed by atoms with E-state index in [4.69, 9.17) is 4.42 Å². The highest BCUT2D eigenvalue weighted by atomic mass is 32.2. The fourth-order valence-electron chi connectivity index (χ4n) is 3.20. The number of fused-ring (bicyclic) bond motifs is 3. The highest BCUT2D eigenvalue weighted by molar-refractivity contribution is 7.89. The molecule has 3 saturated heterocycles.